The number of ether oxygens (including phenoxy) is 3. The number of phenols is 1. The molecule has 10 nitrogen and oxygen atoms in total. The maximum Gasteiger partial charge on any atom is 0.188 e. The molecule has 54 heavy (non-hydrogen) atoms. The third-order valence-corrected chi connectivity index (χ3v) is 13.9. The van der Waals surface area contributed by atoms with Gasteiger partial charge in [-0.05, 0) is 67.6 Å². The molecule has 4 atom stereocenters. The number of methoxy groups -OCH3 is 1. The Labute approximate surface area is 328 Å². The normalized spacial score (nSPS) is 24.5. The van der Waals surface area contributed by atoms with Gasteiger partial charge in [-0.1, -0.05) is 78.7 Å². The lowest BCUT2D eigenvalue weighted by molar-refractivity contribution is -0.121. The monoisotopic (exact) mass is 778 g/mol. The van der Waals surface area contributed by atoms with Crippen molar-refractivity contribution in [3.05, 3.63) is 46.0 Å². The summed E-state index contributed by atoms with van der Waals surface area (Å²) in [6.45, 7) is 5.92. The molecule has 6 N–H and O–H groups in total. The van der Waals surface area contributed by atoms with E-state index in [0.717, 1.165) is 58.8 Å². The Hall–Kier alpha value is -3.24. The summed E-state index contributed by atoms with van der Waals surface area (Å²) in [5.74, 6) is 11.7. The number of hydrogen-bond acceptors (Lipinski definition) is 12. The molecule has 0 unspecified atom stereocenters. The van der Waals surface area contributed by atoms with Crippen molar-refractivity contribution < 1.29 is 29.2 Å². The third kappa shape index (κ3) is 10.5. The Balaban J connectivity index is 1.35. The van der Waals surface area contributed by atoms with E-state index >= 15 is 0 Å². The fourth-order valence-electron chi connectivity index (χ4n) is 7.94. The van der Waals surface area contributed by atoms with Crippen LogP contribution in [0.3, 0.4) is 0 Å². The molecule has 0 radical (unpaired) electrons. The molecule has 6 rings (SSSR count). The van der Waals surface area contributed by atoms with Crippen LogP contribution in [0.4, 0.5) is 0 Å². The van der Waals surface area contributed by atoms with Crippen LogP contribution in [0.15, 0.2) is 23.2 Å². The summed E-state index contributed by atoms with van der Waals surface area (Å²) < 4.78 is 19.0. The Morgan fingerprint density at radius 2 is 1.85 bits per heavy atom. The van der Waals surface area contributed by atoms with Crippen LogP contribution in [0.5, 0.6) is 23.0 Å². The second kappa shape index (κ2) is 19.6. The summed E-state index contributed by atoms with van der Waals surface area (Å²) in [5, 5.41) is 28.8. The van der Waals surface area contributed by atoms with E-state index < -0.39 is 6.10 Å². The summed E-state index contributed by atoms with van der Waals surface area (Å²) in [5.41, 5.74) is 10.9. The molecule has 2 bridgehead atoms. The number of aliphatic imine (C=N–C) groups is 1. The average Bonchev–Trinajstić information content (AvgIpc) is 3.17. The first-order valence-corrected chi connectivity index (χ1v) is 22.2. The largest absolute Gasteiger partial charge is 0.504 e. The molecule has 4 aliphatic rings. The van der Waals surface area contributed by atoms with Crippen molar-refractivity contribution >= 4 is 33.3 Å². The van der Waals surface area contributed by atoms with Gasteiger partial charge in [0.1, 0.15) is 12.5 Å². The number of carbonyl (C=O) groups excluding carboxylic acids is 1. The second-order valence-corrected chi connectivity index (χ2v) is 18.1. The zero-order chi connectivity index (χ0) is 38.0. The lowest BCUT2D eigenvalue weighted by atomic mass is 9.82. The molecule has 0 aromatic heterocycles. The Morgan fingerprint density at radius 1 is 1.04 bits per heavy atom. The quantitative estimate of drug-likeness (QED) is 0.129. The summed E-state index contributed by atoms with van der Waals surface area (Å²) >= 11 is 0. The number of aliphatic hydroxyl groups is 1. The Kier molecular flexibility index (Phi) is 14.6. The lowest BCUT2D eigenvalue weighted by Crippen LogP contribution is -2.45. The number of ketones is 1. The number of rotatable bonds is 7. The van der Waals surface area contributed by atoms with Crippen molar-refractivity contribution in [2.45, 2.75) is 109 Å². The van der Waals surface area contributed by atoms with Crippen molar-refractivity contribution in [3.63, 3.8) is 0 Å². The predicted molar refractivity (Wildman–Crippen MR) is 219 cm³/mol. The number of benzene rings is 2. The zero-order valence-electron chi connectivity index (χ0n) is 32.1. The summed E-state index contributed by atoms with van der Waals surface area (Å²) in [6, 6.07) is 6.25. The van der Waals surface area contributed by atoms with Crippen LogP contribution in [-0.2, 0) is 30.5 Å². The maximum absolute atomic E-state index is 13.1. The summed E-state index contributed by atoms with van der Waals surface area (Å²) in [7, 11) is 5.30. The number of nitrogens with one attached hydrogen (secondary N) is 2. The van der Waals surface area contributed by atoms with Gasteiger partial charge in [-0.25, -0.2) is 0 Å². The summed E-state index contributed by atoms with van der Waals surface area (Å²) in [4.78, 5) is 17.9. The highest BCUT2D eigenvalue weighted by Gasteiger charge is 2.33. The molecule has 1 saturated carbocycles. The van der Waals surface area contributed by atoms with E-state index in [1.807, 2.05) is 21.6 Å². The maximum atomic E-state index is 13.1. The molecular formula is C42H58N4O6S2. The number of fused-ring (bicyclic) bond motifs is 5. The van der Waals surface area contributed by atoms with Crippen LogP contribution in [-0.4, -0.2) is 78.6 Å². The van der Waals surface area contributed by atoms with Crippen LogP contribution < -0.4 is 30.6 Å². The van der Waals surface area contributed by atoms with Gasteiger partial charge in [0, 0.05) is 66.4 Å². The number of nitrogens with zero attached hydrogens (tertiary/aromatic N) is 1. The van der Waals surface area contributed by atoms with E-state index in [-0.39, 0.29) is 42.3 Å². The smallest absolute Gasteiger partial charge is 0.188 e. The molecule has 0 spiro atoms. The molecule has 12 heteroatoms. The van der Waals surface area contributed by atoms with Gasteiger partial charge < -0.3 is 35.5 Å². The van der Waals surface area contributed by atoms with Crippen molar-refractivity contribution in [1.82, 2.24) is 10.6 Å². The minimum atomic E-state index is -0.770. The van der Waals surface area contributed by atoms with E-state index in [1.54, 1.807) is 12.1 Å². The van der Waals surface area contributed by atoms with Crippen molar-refractivity contribution in [2.24, 2.45) is 28.5 Å². The number of aliphatic hydroxyl groups excluding tert-OH is 1. The van der Waals surface area contributed by atoms with Crippen molar-refractivity contribution in [1.29, 1.82) is 0 Å². The highest BCUT2D eigenvalue weighted by atomic mass is 33.1. The summed E-state index contributed by atoms with van der Waals surface area (Å²) in [6.07, 6.45) is 8.26. The van der Waals surface area contributed by atoms with Crippen LogP contribution in [0.2, 0.25) is 0 Å². The van der Waals surface area contributed by atoms with Crippen LogP contribution in [0.25, 0.3) is 0 Å². The highest BCUT2D eigenvalue weighted by molar-refractivity contribution is 8.76. The van der Waals surface area contributed by atoms with Crippen molar-refractivity contribution in [3.8, 4) is 34.8 Å². The number of aryl methyl sites for hydroxylation is 2. The van der Waals surface area contributed by atoms with Gasteiger partial charge in [0.05, 0.1) is 25.4 Å². The van der Waals surface area contributed by atoms with Gasteiger partial charge in [-0.3, -0.25) is 15.1 Å². The van der Waals surface area contributed by atoms with E-state index in [9.17, 15) is 15.0 Å². The number of Topliss-reactive ketones (excluding diaryl/α,β-unsaturated/α-hetero) is 1. The van der Waals surface area contributed by atoms with Gasteiger partial charge in [-0.2, -0.15) is 0 Å². The molecular weight excluding hydrogens is 721 g/mol. The standard InChI is InChI=1S/C42H58N4O6S2/c1-26(2)37-24-54-53-23-31(21-44-42(43)46-37)30-19-36-28-13-16-34(48)20-33(47)15-12-27-14-17-38(49)40(50-3)35(27)11-7-8-29(18-28)39(41(36)51-22-30)52-25-45-32-9-5-4-6-10-32/h14,17-18,26,30-32,34,37,45,48-49H,4-6,8-10,12-13,15-16,19-25H2,1-3H3,(H3,43,44,46)/t30-,31-,34-,37+/m1/s1. The second-order valence-electron chi connectivity index (χ2n) is 15.6. The molecule has 0 amide bonds. The fourth-order valence-corrected chi connectivity index (χ4v) is 10.8. The molecule has 2 aromatic carbocycles. The number of nitrogens with two attached hydrogens (primary N) is 1. The van der Waals surface area contributed by atoms with E-state index in [1.165, 1.54) is 26.4 Å². The molecule has 2 aromatic rings. The number of phenolic OH excluding ortho intramolecular Hbond substituents is 1. The molecule has 2 aliphatic carbocycles. The minimum Gasteiger partial charge on any atom is -0.504 e. The average molecular weight is 779 g/mol. The number of guanidine groups is 1. The molecule has 2 heterocycles. The number of hydrogen-bond donors (Lipinski definition) is 5. The highest BCUT2D eigenvalue weighted by Crippen LogP contribution is 2.45. The molecule has 0 saturated heterocycles. The topological polar surface area (TPSA) is 148 Å². The molecule has 1 fully saturated rings. The van der Waals surface area contributed by atoms with Gasteiger partial charge in [0.2, 0.25) is 0 Å². The van der Waals surface area contributed by atoms with Crippen molar-refractivity contribution in [2.75, 3.05) is 38.5 Å². The van der Waals surface area contributed by atoms with Crippen LogP contribution in [0, 0.1) is 29.6 Å². The third-order valence-electron chi connectivity index (χ3n) is 11.3. The first-order valence-electron chi connectivity index (χ1n) is 19.7. The predicted octanol–water partition coefficient (Wildman–Crippen LogP) is 5.94. The number of carbonyl (C=O) groups is 1. The minimum absolute atomic E-state index is 0.00102. The SMILES string of the molecule is COc1c(O)ccc2c1C#CCc1cc(c3c(c1OCNC1CCCCC1)OC[C@H]([C@@H]1CN=C(N)N[C@H](C(C)C)CSSC1)C3)CC[C@@H](O)CC(=O)CC2. The van der Waals surface area contributed by atoms with Gasteiger partial charge in [-0.15, -0.1) is 0 Å². The first kappa shape index (κ1) is 40.4. The van der Waals surface area contributed by atoms with Gasteiger partial charge in [0.25, 0.3) is 0 Å². The van der Waals surface area contributed by atoms with Gasteiger partial charge in [0.15, 0.2) is 29.0 Å². The van der Waals surface area contributed by atoms with Crippen LogP contribution >= 0.6 is 21.6 Å². The molecule has 2 aliphatic heterocycles. The van der Waals surface area contributed by atoms with E-state index in [4.69, 9.17) is 24.9 Å². The van der Waals surface area contributed by atoms with E-state index in [2.05, 4.69) is 42.4 Å². The first-order chi connectivity index (χ1) is 26.2. The fraction of sp³-hybridized carbons (Fsp3) is 0.619. The zero-order valence-corrected chi connectivity index (χ0v) is 33.7. The number of aromatic hydroxyl groups is 1. The van der Waals surface area contributed by atoms with Gasteiger partial charge >= 0.3 is 0 Å². The Morgan fingerprint density at radius 3 is 2.65 bits per heavy atom. The van der Waals surface area contributed by atoms with Crippen LogP contribution in [0.1, 0.15) is 93.0 Å². The lowest BCUT2D eigenvalue weighted by Gasteiger charge is -2.34. The van der Waals surface area contributed by atoms with E-state index in [0.29, 0.717) is 80.5 Å². The molecule has 294 valence electrons. The Bertz CT molecular complexity index is 1700.